The third-order valence-corrected chi connectivity index (χ3v) is 3.46. The Labute approximate surface area is 140 Å². The summed E-state index contributed by atoms with van der Waals surface area (Å²) in [6, 6.07) is 12.9. The summed E-state index contributed by atoms with van der Waals surface area (Å²) < 4.78 is 9.71. The van der Waals surface area contributed by atoms with E-state index in [9.17, 15) is 4.79 Å². The van der Waals surface area contributed by atoms with Crippen molar-refractivity contribution in [3.05, 3.63) is 59.4 Å². The van der Waals surface area contributed by atoms with E-state index in [4.69, 9.17) is 21.1 Å². The summed E-state index contributed by atoms with van der Waals surface area (Å²) in [4.78, 5) is 18.0. The predicted octanol–water partition coefficient (Wildman–Crippen LogP) is 3.50. The van der Waals surface area contributed by atoms with E-state index in [1.54, 1.807) is 30.1 Å². The number of methoxy groups -OCH3 is 2. The van der Waals surface area contributed by atoms with Gasteiger partial charge in [0.2, 0.25) is 0 Å². The first kappa shape index (κ1) is 16.8. The fraction of sp³-hybridized carbons (Fsp3) is 0.176. The van der Waals surface area contributed by atoms with Crippen LogP contribution in [-0.4, -0.2) is 32.2 Å². The Morgan fingerprint density at radius 1 is 1.17 bits per heavy atom. The van der Waals surface area contributed by atoms with Crippen LogP contribution in [0.5, 0.6) is 0 Å². The predicted molar refractivity (Wildman–Crippen MR) is 90.2 cm³/mol. The van der Waals surface area contributed by atoms with Gasteiger partial charge in [0.15, 0.2) is 5.70 Å². The van der Waals surface area contributed by atoms with E-state index >= 15 is 0 Å². The summed E-state index contributed by atoms with van der Waals surface area (Å²) in [6.07, 6.45) is 1.32. The topological polar surface area (TPSA) is 51.7 Å². The molecule has 0 atom stereocenters. The van der Waals surface area contributed by atoms with Crippen LogP contribution in [0.3, 0.4) is 0 Å². The summed E-state index contributed by atoms with van der Waals surface area (Å²) >= 11 is 5.91. The molecule has 0 saturated carbocycles. The number of halogens is 1. The number of anilines is 1. The van der Waals surface area contributed by atoms with Crippen molar-refractivity contribution in [2.75, 3.05) is 26.2 Å². The van der Waals surface area contributed by atoms with E-state index in [1.165, 1.54) is 20.5 Å². The van der Waals surface area contributed by atoms with Gasteiger partial charge in [-0.05, 0) is 24.3 Å². The summed E-state index contributed by atoms with van der Waals surface area (Å²) in [5.41, 5.74) is 1.95. The lowest BCUT2D eigenvalue weighted by Gasteiger charge is -2.20. The van der Waals surface area contributed by atoms with Crippen molar-refractivity contribution in [1.29, 1.82) is 0 Å². The number of hydrogen-bond acceptors (Lipinski definition) is 5. The highest BCUT2D eigenvalue weighted by Crippen LogP contribution is 2.23. The molecule has 0 spiro atoms. The third-order valence-electron chi connectivity index (χ3n) is 3.20. The molecule has 5 nitrogen and oxygen atoms in total. The van der Waals surface area contributed by atoms with Crippen molar-refractivity contribution in [1.82, 2.24) is 4.98 Å². The fourth-order valence-corrected chi connectivity index (χ4v) is 2.12. The van der Waals surface area contributed by atoms with Crippen LogP contribution in [0, 0.1) is 0 Å². The van der Waals surface area contributed by atoms with Crippen LogP contribution in [0.25, 0.3) is 11.3 Å². The highest BCUT2D eigenvalue weighted by atomic mass is 35.5. The Balaban J connectivity index is 2.36. The van der Waals surface area contributed by atoms with Crippen LogP contribution in [0.1, 0.15) is 0 Å². The van der Waals surface area contributed by atoms with Gasteiger partial charge in [0, 0.05) is 17.6 Å². The van der Waals surface area contributed by atoms with Crippen LogP contribution in [0.15, 0.2) is 54.4 Å². The maximum absolute atomic E-state index is 11.9. The standard InChI is InChI=1S/C17H17ClN2O3/c1-20(15(11-22-2)17(21)23-3)16-6-4-5-14(19-16)12-7-9-13(18)10-8-12/h4-11H,1-3H3/b15-11+. The summed E-state index contributed by atoms with van der Waals surface area (Å²) in [5.74, 6) is 0.0826. The Morgan fingerprint density at radius 2 is 1.87 bits per heavy atom. The number of aromatic nitrogens is 1. The Hall–Kier alpha value is -2.53. The molecule has 0 radical (unpaired) electrons. The molecule has 0 aliphatic heterocycles. The van der Waals surface area contributed by atoms with Gasteiger partial charge in [-0.3, -0.25) is 0 Å². The van der Waals surface area contributed by atoms with Crippen molar-refractivity contribution in [3.8, 4) is 11.3 Å². The number of rotatable bonds is 5. The zero-order chi connectivity index (χ0) is 16.8. The highest BCUT2D eigenvalue weighted by molar-refractivity contribution is 6.30. The number of pyridine rings is 1. The molecule has 0 unspecified atom stereocenters. The van der Waals surface area contributed by atoms with E-state index in [0.29, 0.717) is 10.8 Å². The van der Waals surface area contributed by atoms with Gasteiger partial charge in [0.05, 0.1) is 19.9 Å². The normalized spacial score (nSPS) is 11.0. The van der Waals surface area contributed by atoms with Crippen LogP contribution < -0.4 is 4.90 Å². The molecule has 6 heteroatoms. The highest BCUT2D eigenvalue weighted by Gasteiger charge is 2.18. The third kappa shape index (κ3) is 4.02. The van der Waals surface area contributed by atoms with Crippen molar-refractivity contribution in [2.24, 2.45) is 0 Å². The smallest absolute Gasteiger partial charge is 0.357 e. The first-order valence-electron chi connectivity index (χ1n) is 6.85. The Morgan fingerprint density at radius 3 is 2.48 bits per heavy atom. The molecular weight excluding hydrogens is 316 g/mol. The van der Waals surface area contributed by atoms with Gasteiger partial charge in [-0.2, -0.15) is 0 Å². The Kier molecular flexibility index (Phi) is 5.60. The molecule has 0 N–H and O–H groups in total. The molecule has 0 bridgehead atoms. The molecule has 0 aliphatic rings. The number of likely N-dealkylation sites (N-methyl/N-ethyl adjacent to an activating group) is 1. The summed E-state index contributed by atoms with van der Waals surface area (Å²) in [7, 11) is 4.50. The van der Waals surface area contributed by atoms with Crippen molar-refractivity contribution in [2.45, 2.75) is 0 Å². The number of benzene rings is 1. The molecular formula is C17H17ClN2O3. The van der Waals surface area contributed by atoms with E-state index in [2.05, 4.69) is 4.98 Å². The second-order valence-electron chi connectivity index (χ2n) is 4.68. The van der Waals surface area contributed by atoms with E-state index in [0.717, 1.165) is 11.3 Å². The molecule has 0 saturated heterocycles. The van der Waals surface area contributed by atoms with Crippen LogP contribution in [0.4, 0.5) is 5.82 Å². The number of carbonyl (C=O) groups is 1. The first-order valence-corrected chi connectivity index (χ1v) is 7.22. The molecule has 0 amide bonds. The zero-order valence-electron chi connectivity index (χ0n) is 13.1. The monoisotopic (exact) mass is 332 g/mol. The molecule has 1 aromatic heterocycles. The molecule has 2 rings (SSSR count). The lowest BCUT2D eigenvalue weighted by Crippen LogP contribution is -2.25. The maximum Gasteiger partial charge on any atom is 0.357 e. The summed E-state index contributed by atoms with van der Waals surface area (Å²) in [5, 5.41) is 0.665. The molecule has 1 aromatic carbocycles. The van der Waals surface area contributed by atoms with Gasteiger partial charge >= 0.3 is 5.97 Å². The minimum absolute atomic E-state index is 0.246. The lowest BCUT2D eigenvalue weighted by molar-refractivity contribution is -0.136. The molecule has 0 aliphatic carbocycles. The quantitative estimate of drug-likeness (QED) is 0.476. The molecule has 120 valence electrons. The Bertz CT molecular complexity index is 714. The minimum Gasteiger partial charge on any atom is -0.502 e. The zero-order valence-corrected chi connectivity index (χ0v) is 13.9. The van der Waals surface area contributed by atoms with Crippen molar-refractivity contribution in [3.63, 3.8) is 0 Å². The average Bonchev–Trinajstić information content (AvgIpc) is 2.59. The van der Waals surface area contributed by atoms with Gasteiger partial charge in [-0.1, -0.05) is 29.8 Å². The number of ether oxygens (including phenoxy) is 2. The average molecular weight is 333 g/mol. The van der Waals surface area contributed by atoms with Gasteiger partial charge in [0.1, 0.15) is 12.1 Å². The SMILES string of the molecule is CO/C=C(\C(=O)OC)N(C)c1cccc(-c2ccc(Cl)cc2)n1. The van der Waals surface area contributed by atoms with E-state index in [-0.39, 0.29) is 5.70 Å². The number of carbonyl (C=O) groups excluding carboxylic acids is 1. The number of esters is 1. The van der Waals surface area contributed by atoms with Crippen LogP contribution in [0.2, 0.25) is 5.02 Å². The van der Waals surface area contributed by atoms with E-state index in [1.807, 2.05) is 24.3 Å². The first-order chi connectivity index (χ1) is 11.1. The molecule has 1 heterocycles. The van der Waals surface area contributed by atoms with Gasteiger partial charge < -0.3 is 14.4 Å². The lowest BCUT2D eigenvalue weighted by atomic mass is 10.1. The molecule has 0 fully saturated rings. The molecule has 23 heavy (non-hydrogen) atoms. The van der Waals surface area contributed by atoms with Gasteiger partial charge in [-0.25, -0.2) is 9.78 Å². The maximum atomic E-state index is 11.9. The second-order valence-corrected chi connectivity index (χ2v) is 5.11. The van der Waals surface area contributed by atoms with Crippen LogP contribution in [-0.2, 0) is 14.3 Å². The number of hydrogen-bond donors (Lipinski definition) is 0. The summed E-state index contributed by atoms with van der Waals surface area (Å²) in [6.45, 7) is 0. The number of nitrogens with zero attached hydrogens (tertiary/aromatic N) is 2. The van der Waals surface area contributed by atoms with Crippen molar-refractivity contribution < 1.29 is 14.3 Å². The largest absolute Gasteiger partial charge is 0.502 e. The van der Waals surface area contributed by atoms with Crippen molar-refractivity contribution >= 4 is 23.4 Å². The fourth-order valence-electron chi connectivity index (χ4n) is 2.00. The minimum atomic E-state index is -0.506. The van der Waals surface area contributed by atoms with Gasteiger partial charge in [-0.15, -0.1) is 0 Å². The second kappa shape index (κ2) is 7.65. The van der Waals surface area contributed by atoms with Crippen LogP contribution >= 0.6 is 11.6 Å². The molecule has 2 aromatic rings. The van der Waals surface area contributed by atoms with Gasteiger partial charge in [0.25, 0.3) is 0 Å². The van der Waals surface area contributed by atoms with E-state index < -0.39 is 5.97 Å².